The van der Waals surface area contributed by atoms with Gasteiger partial charge in [0.15, 0.2) is 11.5 Å². The first-order valence-corrected chi connectivity index (χ1v) is 9.25. The lowest BCUT2D eigenvalue weighted by Gasteiger charge is -2.27. The number of rotatable bonds is 4. The van der Waals surface area contributed by atoms with Crippen molar-refractivity contribution >= 4 is 28.5 Å². The van der Waals surface area contributed by atoms with Gasteiger partial charge in [-0.3, -0.25) is 4.79 Å². The fourth-order valence-electron chi connectivity index (χ4n) is 2.75. The molecular weight excluding hydrogens is 354 g/mol. The summed E-state index contributed by atoms with van der Waals surface area (Å²) in [7, 11) is 0. The number of hydrogen-bond donors (Lipinski definition) is 1. The standard InChI is InChI=1S/C18H19N3O4S/c22-18(16-12-24-14-3-1-2-4-15(14)25-16)20-19-11-13-5-6-17(26-13)21-7-9-23-10-8-21/h1-6,11,16H,7-10,12H2,(H,20,22). The third-order valence-electron chi connectivity index (χ3n) is 4.10. The molecule has 0 radical (unpaired) electrons. The number of anilines is 1. The number of amides is 1. The van der Waals surface area contributed by atoms with Crippen LogP contribution in [0.25, 0.3) is 0 Å². The number of ether oxygens (including phenoxy) is 3. The first-order chi connectivity index (χ1) is 12.8. The van der Waals surface area contributed by atoms with Gasteiger partial charge in [-0.05, 0) is 24.3 Å². The minimum absolute atomic E-state index is 0.165. The van der Waals surface area contributed by atoms with Crippen molar-refractivity contribution in [3.05, 3.63) is 41.3 Å². The molecule has 1 amide bonds. The number of nitrogens with zero attached hydrogens (tertiary/aromatic N) is 2. The van der Waals surface area contributed by atoms with Crippen LogP contribution in [0.5, 0.6) is 11.5 Å². The van der Waals surface area contributed by atoms with Gasteiger partial charge < -0.3 is 19.1 Å². The number of para-hydroxylation sites is 2. The highest BCUT2D eigenvalue weighted by atomic mass is 32.1. The van der Waals surface area contributed by atoms with Crippen LogP contribution in [0, 0.1) is 0 Å². The van der Waals surface area contributed by atoms with Gasteiger partial charge >= 0.3 is 0 Å². The normalized spacial score (nSPS) is 19.5. The van der Waals surface area contributed by atoms with Crippen molar-refractivity contribution in [1.82, 2.24) is 5.43 Å². The molecule has 2 aromatic rings. The summed E-state index contributed by atoms with van der Waals surface area (Å²) >= 11 is 1.63. The second-order valence-electron chi connectivity index (χ2n) is 5.87. The second kappa shape index (κ2) is 7.76. The van der Waals surface area contributed by atoms with Gasteiger partial charge in [-0.2, -0.15) is 5.10 Å². The van der Waals surface area contributed by atoms with Crippen LogP contribution in [0.15, 0.2) is 41.5 Å². The maximum Gasteiger partial charge on any atom is 0.284 e. The summed E-state index contributed by atoms with van der Waals surface area (Å²) in [5.41, 5.74) is 2.52. The van der Waals surface area contributed by atoms with Crippen molar-refractivity contribution in [3.63, 3.8) is 0 Å². The maximum atomic E-state index is 12.2. The van der Waals surface area contributed by atoms with E-state index in [-0.39, 0.29) is 12.5 Å². The lowest BCUT2D eigenvalue weighted by atomic mass is 10.2. The third-order valence-corrected chi connectivity index (χ3v) is 5.18. The van der Waals surface area contributed by atoms with E-state index in [0.717, 1.165) is 31.2 Å². The first-order valence-electron chi connectivity index (χ1n) is 8.43. The molecule has 0 aliphatic carbocycles. The van der Waals surface area contributed by atoms with Gasteiger partial charge in [-0.25, -0.2) is 5.43 Å². The molecule has 136 valence electrons. The summed E-state index contributed by atoms with van der Waals surface area (Å²) in [5.74, 6) is 0.881. The number of hydrazone groups is 1. The topological polar surface area (TPSA) is 72.4 Å². The smallest absolute Gasteiger partial charge is 0.284 e. The SMILES string of the molecule is O=C(NN=Cc1ccc(N2CCOCC2)s1)C1COc2ccccc2O1. The Labute approximate surface area is 155 Å². The zero-order valence-electron chi connectivity index (χ0n) is 14.1. The van der Waals surface area contributed by atoms with Crippen molar-refractivity contribution < 1.29 is 19.0 Å². The Morgan fingerprint density at radius 1 is 1.19 bits per heavy atom. The molecule has 26 heavy (non-hydrogen) atoms. The molecule has 2 aliphatic rings. The average molecular weight is 373 g/mol. The third kappa shape index (κ3) is 3.81. The van der Waals surface area contributed by atoms with Gasteiger partial charge in [0, 0.05) is 18.0 Å². The summed E-state index contributed by atoms with van der Waals surface area (Å²) in [5, 5.41) is 5.22. The van der Waals surface area contributed by atoms with Crippen molar-refractivity contribution in [3.8, 4) is 11.5 Å². The van der Waals surface area contributed by atoms with Gasteiger partial charge in [0.2, 0.25) is 6.10 Å². The van der Waals surface area contributed by atoms with E-state index < -0.39 is 6.10 Å². The molecule has 1 saturated heterocycles. The van der Waals surface area contributed by atoms with Crippen LogP contribution in [0.2, 0.25) is 0 Å². The number of hydrogen-bond acceptors (Lipinski definition) is 7. The fourth-order valence-corrected chi connectivity index (χ4v) is 3.68. The molecule has 8 heteroatoms. The first kappa shape index (κ1) is 16.9. The van der Waals surface area contributed by atoms with E-state index in [2.05, 4.69) is 21.5 Å². The molecule has 1 N–H and O–H groups in total. The largest absolute Gasteiger partial charge is 0.485 e. The Morgan fingerprint density at radius 2 is 2.00 bits per heavy atom. The maximum absolute atomic E-state index is 12.2. The number of fused-ring (bicyclic) bond motifs is 1. The lowest BCUT2D eigenvalue weighted by molar-refractivity contribution is -0.130. The van der Waals surface area contributed by atoms with Gasteiger partial charge in [0.1, 0.15) is 6.61 Å². The highest BCUT2D eigenvalue weighted by Crippen LogP contribution is 2.30. The molecule has 3 heterocycles. The molecule has 1 aromatic heterocycles. The number of thiophene rings is 1. The van der Waals surface area contributed by atoms with Gasteiger partial charge in [0.05, 0.1) is 24.4 Å². The van der Waals surface area contributed by atoms with E-state index in [1.165, 1.54) is 5.00 Å². The molecule has 0 saturated carbocycles. The van der Waals surface area contributed by atoms with E-state index >= 15 is 0 Å². The average Bonchev–Trinajstić information content (AvgIpc) is 3.17. The van der Waals surface area contributed by atoms with Crippen LogP contribution in [-0.4, -0.2) is 51.1 Å². The molecule has 1 aromatic carbocycles. The molecule has 7 nitrogen and oxygen atoms in total. The van der Waals surface area contributed by atoms with Crippen molar-refractivity contribution in [2.24, 2.45) is 5.10 Å². The monoisotopic (exact) mass is 373 g/mol. The van der Waals surface area contributed by atoms with E-state index in [1.807, 2.05) is 24.3 Å². The minimum atomic E-state index is -0.714. The number of benzene rings is 1. The molecule has 1 fully saturated rings. The summed E-state index contributed by atoms with van der Waals surface area (Å²) in [6.07, 6.45) is 0.929. The van der Waals surface area contributed by atoms with Gasteiger partial charge in [-0.15, -0.1) is 11.3 Å². The number of nitrogens with one attached hydrogen (secondary N) is 1. The Kier molecular flexibility index (Phi) is 5.03. The Balaban J connectivity index is 1.31. The number of carbonyl (C=O) groups is 1. The van der Waals surface area contributed by atoms with E-state index in [4.69, 9.17) is 14.2 Å². The molecule has 2 aliphatic heterocycles. The van der Waals surface area contributed by atoms with Crippen LogP contribution >= 0.6 is 11.3 Å². The van der Waals surface area contributed by atoms with E-state index in [0.29, 0.717) is 11.5 Å². The summed E-state index contributed by atoms with van der Waals surface area (Å²) in [6, 6.07) is 11.3. The highest BCUT2D eigenvalue weighted by molar-refractivity contribution is 7.17. The fraction of sp³-hybridized carbons (Fsp3) is 0.333. The Morgan fingerprint density at radius 3 is 2.85 bits per heavy atom. The van der Waals surface area contributed by atoms with Crippen LogP contribution < -0.4 is 19.8 Å². The molecule has 0 spiro atoms. The van der Waals surface area contributed by atoms with Crippen molar-refractivity contribution in [1.29, 1.82) is 0 Å². The van der Waals surface area contributed by atoms with Gasteiger partial charge in [0.25, 0.3) is 5.91 Å². The minimum Gasteiger partial charge on any atom is -0.485 e. The Hall–Kier alpha value is -2.58. The van der Waals surface area contributed by atoms with Crippen LogP contribution in [-0.2, 0) is 9.53 Å². The quantitative estimate of drug-likeness (QED) is 0.654. The van der Waals surface area contributed by atoms with E-state index in [1.54, 1.807) is 23.6 Å². The Bertz CT molecular complexity index is 801. The summed E-state index contributed by atoms with van der Waals surface area (Å²) < 4.78 is 16.6. The predicted octanol–water partition coefficient (Wildman–Crippen LogP) is 1.87. The van der Waals surface area contributed by atoms with E-state index in [9.17, 15) is 4.79 Å². The zero-order chi connectivity index (χ0) is 17.8. The number of carbonyl (C=O) groups excluding carboxylic acids is 1. The summed E-state index contributed by atoms with van der Waals surface area (Å²) in [6.45, 7) is 3.47. The van der Waals surface area contributed by atoms with Crippen LogP contribution in [0.1, 0.15) is 4.88 Å². The molecule has 1 unspecified atom stereocenters. The van der Waals surface area contributed by atoms with Crippen molar-refractivity contribution in [2.45, 2.75) is 6.10 Å². The molecule has 4 rings (SSSR count). The van der Waals surface area contributed by atoms with Crippen LogP contribution in [0.4, 0.5) is 5.00 Å². The second-order valence-corrected chi connectivity index (χ2v) is 6.97. The van der Waals surface area contributed by atoms with Gasteiger partial charge in [-0.1, -0.05) is 12.1 Å². The zero-order valence-corrected chi connectivity index (χ0v) is 14.9. The van der Waals surface area contributed by atoms with Crippen LogP contribution in [0.3, 0.4) is 0 Å². The number of morpholine rings is 1. The molecule has 0 bridgehead atoms. The molecule has 1 atom stereocenters. The lowest BCUT2D eigenvalue weighted by Crippen LogP contribution is -2.42. The van der Waals surface area contributed by atoms with Crippen molar-refractivity contribution in [2.75, 3.05) is 37.8 Å². The highest BCUT2D eigenvalue weighted by Gasteiger charge is 2.27. The molecular formula is C18H19N3O4S. The predicted molar refractivity (Wildman–Crippen MR) is 99.4 cm³/mol. The summed E-state index contributed by atoms with van der Waals surface area (Å²) in [4.78, 5) is 15.5.